The molecule has 1 aliphatic carbocycles. The van der Waals surface area contributed by atoms with Crippen LogP contribution in [0.4, 0.5) is 39.5 Å². The number of hydrogen-bond acceptors (Lipinski definition) is 9. The van der Waals surface area contributed by atoms with Crippen LogP contribution < -0.4 is 10.6 Å². The molecule has 1 fully saturated rings. The number of halogens is 5. The van der Waals surface area contributed by atoms with Crippen LogP contribution in [0.3, 0.4) is 0 Å². The minimum atomic E-state index is -4.55. The Morgan fingerprint density at radius 2 is 1.85 bits per heavy atom. The maximum absolute atomic E-state index is 13.0. The maximum atomic E-state index is 13.0. The third-order valence-electron chi connectivity index (χ3n) is 4.66. The van der Waals surface area contributed by atoms with Crippen molar-refractivity contribution < 1.29 is 22.0 Å². The van der Waals surface area contributed by atoms with E-state index in [1.807, 2.05) is 5.32 Å². The Balaban J connectivity index is 1.68. The Hall–Kier alpha value is -4.02. The smallest absolute Gasteiger partial charge is 0.345 e. The summed E-state index contributed by atoms with van der Waals surface area (Å²) in [5, 5.41) is 14.2. The highest BCUT2D eigenvalue weighted by Crippen LogP contribution is 2.47. The van der Waals surface area contributed by atoms with Gasteiger partial charge in [0.15, 0.2) is 5.82 Å². The third kappa shape index (κ3) is 5.25. The largest absolute Gasteiger partial charge is 0.405 e. The molecule has 0 unspecified atom stereocenters. The number of rotatable bonds is 7. The summed E-state index contributed by atoms with van der Waals surface area (Å²) in [6, 6.07) is 5.39. The highest BCUT2D eigenvalue weighted by atomic mass is 19.4. The molecule has 1 aliphatic rings. The molecule has 1 saturated carbocycles. The number of nitrogens with one attached hydrogen (secondary N) is 2. The van der Waals surface area contributed by atoms with Crippen molar-refractivity contribution in [3.8, 4) is 17.6 Å². The van der Waals surface area contributed by atoms with Gasteiger partial charge in [0, 0.05) is 11.9 Å². The van der Waals surface area contributed by atoms with Crippen molar-refractivity contribution in [2.75, 3.05) is 17.2 Å². The Kier molecular flexibility index (Phi) is 5.71. The normalized spacial score (nSPS) is 14.6. The number of alkyl halides is 5. The van der Waals surface area contributed by atoms with E-state index in [1.165, 1.54) is 6.20 Å². The van der Waals surface area contributed by atoms with Crippen molar-refractivity contribution in [3.63, 3.8) is 0 Å². The van der Waals surface area contributed by atoms with Crippen LogP contribution >= 0.6 is 0 Å². The van der Waals surface area contributed by atoms with E-state index in [4.69, 9.17) is 0 Å². The van der Waals surface area contributed by atoms with Crippen molar-refractivity contribution in [2.24, 2.45) is 0 Å². The first kappa shape index (κ1) is 22.2. The molecule has 170 valence electrons. The molecule has 0 atom stereocenters. The number of anilines is 3. The topological polar surface area (TPSA) is 125 Å². The van der Waals surface area contributed by atoms with Gasteiger partial charge in [-0.05, 0) is 25.0 Å². The van der Waals surface area contributed by atoms with Gasteiger partial charge in [-0.2, -0.15) is 33.4 Å². The average molecular weight is 463 g/mol. The van der Waals surface area contributed by atoms with E-state index in [0.717, 1.165) is 12.4 Å². The Morgan fingerprint density at radius 1 is 1.09 bits per heavy atom. The first-order valence-corrected chi connectivity index (χ1v) is 9.49. The lowest BCUT2D eigenvalue weighted by atomic mass is 10.0. The molecule has 0 aromatic carbocycles. The second kappa shape index (κ2) is 8.49. The minimum absolute atomic E-state index is 0.173. The Morgan fingerprint density at radius 3 is 2.52 bits per heavy atom. The first-order chi connectivity index (χ1) is 15.7. The number of aromatic nitrogens is 6. The summed E-state index contributed by atoms with van der Waals surface area (Å²) in [4.78, 5) is 23.4. The van der Waals surface area contributed by atoms with Crippen LogP contribution in [0.5, 0.6) is 0 Å². The van der Waals surface area contributed by atoms with Gasteiger partial charge in [-0.15, -0.1) is 0 Å². The molecule has 0 saturated heterocycles. The lowest BCUT2D eigenvalue weighted by Crippen LogP contribution is -2.23. The van der Waals surface area contributed by atoms with Crippen molar-refractivity contribution in [2.45, 2.75) is 30.9 Å². The van der Waals surface area contributed by atoms with E-state index in [-0.39, 0.29) is 17.5 Å². The summed E-state index contributed by atoms with van der Waals surface area (Å²) < 4.78 is 64.0. The number of hydrogen-bond donors (Lipinski definition) is 2. The summed E-state index contributed by atoms with van der Waals surface area (Å²) in [5.74, 6) is -0.890. The number of nitrogens with zero attached hydrogens (tertiary/aromatic N) is 7. The second-order valence-electron chi connectivity index (χ2n) is 7.15. The van der Waals surface area contributed by atoms with Crippen LogP contribution in [0.1, 0.15) is 30.7 Å². The van der Waals surface area contributed by atoms with E-state index in [2.05, 4.69) is 41.3 Å². The molecular formula is C19H14F5N9. The van der Waals surface area contributed by atoms with Gasteiger partial charge in [0.05, 0.1) is 29.6 Å². The summed E-state index contributed by atoms with van der Waals surface area (Å²) in [7, 11) is 0. The van der Waals surface area contributed by atoms with Gasteiger partial charge in [-0.1, -0.05) is 0 Å². The molecule has 33 heavy (non-hydrogen) atoms. The quantitative estimate of drug-likeness (QED) is 0.501. The Bertz CT molecular complexity index is 1200. The molecule has 3 heterocycles. The van der Waals surface area contributed by atoms with E-state index in [1.54, 1.807) is 12.1 Å². The van der Waals surface area contributed by atoms with E-state index in [0.29, 0.717) is 24.2 Å². The summed E-state index contributed by atoms with van der Waals surface area (Å²) in [6.45, 7) is -1.43. The van der Waals surface area contributed by atoms with Gasteiger partial charge in [0.2, 0.25) is 11.9 Å². The molecule has 0 amide bonds. The van der Waals surface area contributed by atoms with Crippen molar-refractivity contribution >= 4 is 17.6 Å². The molecule has 3 aromatic rings. The Labute approximate surface area is 183 Å². The monoisotopic (exact) mass is 463 g/mol. The fourth-order valence-corrected chi connectivity index (χ4v) is 2.85. The highest BCUT2D eigenvalue weighted by Gasteiger charge is 2.46. The predicted octanol–water partition coefficient (Wildman–Crippen LogP) is 3.93. The molecule has 2 N–H and O–H groups in total. The zero-order chi connectivity index (χ0) is 23.6. The average Bonchev–Trinajstić information content (AvgIpc) is 3.59. The maximum Gasteiger partial charge on any atom is 0.405 e. The molecule has 0 aliphatic heterocycles. The molecule has 0 bridgehead atoms. The predicted molar refractivity (Wildman–Crippen MR) is 104 cm³/mol. The fourth-order valence-electron chi connectivity index (χ4n) is 2.85. The van der Waals surface area contributed by atoms with Crippen molar-refractivity contribution in [1.82, 2.24) is 29.9 Å². The van der Waals surface area contributed by atoms with Crippen LogP contribution in [0, 0.1) is 11.3 Å². The third-order valence-corrected chi connectivity index (χ3v) is 4.66. The molecule has 0 spiro atoms. The van der Waals surface area contributed by atoms with Gasteiger partial charge < -0.3 is 10.6 Å². The van der Waals surface area contributed by atoms with Crippen molar-refractivity contribution in [1.29, 1.82) is 5.26 Å². The van der Waals surface area contributed by atoms with Crippen LogP contribution in [0.2, 0.25) is 0 Å². The summed E-state index contributed by atoms with van der Waals surface area (Å²) >= 11 is 0. The van der Waals surface area contributed by atoms with E-state index in [9.17, 15) is 27.2 Å². The highest BCUT2D eigenvalue weighted by molar-refractivity contribution is 5.59. The molecule has 14 heteroatoms. The lowest BCUT2D eigenvalue weighted by molar-refractivity contribution is -0.115. The van der Waals surface area contributed by atoms with E-state index < -0.39 is 36.2 Å². The van der Waals surface area contributed by atoms with Gasteiger partial charge in [0.1, 0.15) is 17.9 Å². The SMILES string of the molecule is N#CC1(c2cc(Nc3nc(NCC(F)(F)F)nc(-c4cncc(C(F)F)n4)n3)ccn2)CC1. The van der Waals surface area contributed by atoms with Crippen LogP contribution in [-0.4, -0.2) is 42.6 Å². The molecule has 4 rings (SSSR count). The zero-order valence-corrected chi connectivity index (χ0v) is 16.6. The van der Waals surface area contributed by atoms with E-state index >= 15 is 0 Å². The number of pyridine rings is 1. The van der Waals surface area contributed by atoms with Crippen LogP contribution in [0.25, 0.3) is 11.5 Å². The minimum Gasteiger partial charge on any atom is -0.345 e. The molecule has 0 radical (unpaired) electrons. The van der Waals surface area contributed by atoms with Gasteiger partial charge in [-0.3, -0.25) is 9.97 Å². The standard InChI is InChI=1S/C19H14F5N9/c20-14(21)11-6-26-7-12(30-11)15-31-16(28-9-19(22,23)24)33-17(32-15)29-10-1-4-27-13(5-10)18(8-25)2-3-18/h1,4-7,14H,2-3,9H2,(H2,27,28,29,31,32,33). The summed E-state index contributed by atoms with van der Waals surface area (Å²) in [5.41, 5.74) is -0.516. The van der Waals surface area contributed by atoms with Gasteiger partial charge in [0.25, 0.3) is 6.43 Å². The van der Waals surface area contributed by atoms with Gasteiger partial charge in [-0.25, -0.2) is 13.8 Å². The molecule has 3 aromatic heterocycles. The van der Waals surface area contributed by atoms with Crippen LogP contribution in [0.15, 0.2) is 30.7 Å². The lowest BCUT2D eigenvalue weighted by Gasteiger charge is -2.12. The molecule has 9 nitrogen and oxygen atoms in total. The summed E-state index contributed by atoms with van der Waals surface area (Å²) in [6.07, 6.45) is -2.69. The first-order valence-electron chi connectivity index (χ1n) is 9.49. The fraction of sp³-hybridized carbons (Fsp3) is 0.316. The second-order valence-corrected chi connectivity index (χ2v) is 7.15. The van der Waals surface area contributed by atoms with Crippen LogP contribution in [-0.2, 0) is 5.41 Å². The molecular weight excluding hydrogens is 449 g/mol. The van der Waals surface area contributed by atoms with Crippen molar-refractivity contribution in [3.05, 3.63) is 42.1 Å². The van der Waals surface area contributed by atoms with Gasteiger partial charge >= 0.3 is 6.18 Å². The number of nitriles is 1. The zero-order valence-electron chi connectivity index (χ0n) is 16.6.